The summed E-state index contributed by atoms with van der Waals surface area (Å²) in [5.41, 5.74) is 2.58. The van der Waals surface area contributed by atoms with Gasteiger partial charge in [-0.05, 0) is 37.8 Å². The third kappa shape index (κ3) is 4.72. The minimum atomic E-state index is -0.292. The Kier molecular flexibility index (Phi) is 5.95. The number of allylic oxidation sites excluding steroid dienone is 1. The first-order valence-corrected chi connectivity index (χ1v) is 6.23. The first-order chi connectivity index (χ1) is 8.15. The van der Waals surface area contributed by atoms with Crippen LogP contribution in [0.1, 0.15) is 36.9 Å². The van der Waals surface area contributed by atoms with Crippen LogP contribution >= 0.6 is 0 Å². The van der Waals surface area contributed by atoms with Crippen molar-refractivity contribution in [2.24, 2.45) is 0 Å². The fourth-order valence-corrected chi connectivity index (χ4v) is 1.91. The zero-order chi connectivity index (χ0) is 12.7. The van der Waals surface area contributed by atoms with Gasteiger partial charge in [0.15, 0.2) is 0 Å². The van der Waals surface area contributed by atoms with Crippen LogP contribution in [0.4, 0.5) is 0 Å². The molecule has 0 aliphatic heterocycles. The van der Waals surface area contributed by atoms with Crippen LogP contribution < -0.4 is 5.32 Å². The zero-order valence-electron chi connectivity index (χ0n) is 10.8. The van der Waals surface area contributed by atoms with Crippen molar-refractivity contribution in [3.05, 3.63) is 48.0 Å². The third-order valence-electron chi connectivity index (χ3n) is 3.02. The lowest BCUT2D eigenvalue weighted by atomic mass is 10.0. The van der Waals surface area contributed by atoms with E-state index in [-0.39, 0.29) is 12.1 Å². The molecule has 17 heavy (non-hydrogen) atoms. The highest BCUT2D eigenvalue weighted by Gasteiger charge is 2.09. The number of hydrogen-bond acceptors (Lipinski definition) is 2. The van der Waals surface area contributed by atoms with E-state index in [1.165, 1.54) is 11.1 Å². The molecule has 0 saturated heterocycles. The smallest absolute Gasteiger partial charge is 0.0667 e. The summed E-state index contributed by atoms with van der Waals surface area (Å²) in [4.78, 5) is 0. The monoisotopic (exact) mass is 233 g/mol. The van der Waals surface area contributed by atoms with E-state index in [2.05, 4.69) is 43.9 Å². The van der Waals surface area contributed by atoms with Gasteiger partial charge in [0.05, 0.1) is 6.10 Å². The summed E-state index contributed by atoms with van der Waals surface area (Å²) in [6.07, 6.45) is 3.19. The van der Waals surface area contributed by atoms with Crippen molar-refractivity contribution < 1.29 is 5.11 Å². The van der Waals surface area contributed by atoms with Crippen molar-refractivity contribution in [3.8, 4) is 0 Å². The number of rotatable bonds is 7. The second kappa shape index (κ2) is 7.25. The van der Waals surface area contributed by atoms with Crippen LogP contribution in [0.3, 0.4) is 0 Å². The largest absolute Gasteiger partial charge is 0.392 e. The van der Waals surface area contributed by atoms with Gasteiger partial charge in [0.1, 0.15) is 0 Å². The zero-order valence-corrected chi connectivity index (χ0v) is 10.8. The Balaban J connectivity index is 2.42. The molecule has 0 amide bonds. The summed E-state index contributed by atoms with van der Waals surface area (Å²) in [7, 11) is 0. The summed E-state index contributed by atoms with van der Waals surface area (Å²) in [5, 5.41) is 13.1. The minimum Gasteiger partial charge on any atom is -0.392 e. The standard InChI is InChI=1S/C15H23NO/c1-4-5-9-14(17)11-16-13(3)15-10-7-6-8-12(15)2/h4,6-8,10,13-14,16-17H,1,5,9,11H2,2-3H3. The van der Waals surface area contributed by atoms with E-state index in [0.29, 0.717) is 6.54 Å². The minimum absolute atomic E-state index is 0.273. The molecule has 0 bridgehead atoms. The molecular weight excluding hydrogens is 210 g/mol. The number of aryl methyl sites for hydroxylation is 1. The molecule has 2 N–H and O–H groups in total. The Morgan fingerprint density at radius 1 is 1.41 bits per heavy atom. The van der Waals surface area contributed by atoms with Gasteiger partial charge in [-0.1, -0.05) is 30.3 Å². The van der Waals surface area contributed by atoms with Crippen molar-refractivity contribution in [1.29, 1.82) is 0 Å². The van der Waals surface area contributed by atoms with E-state index >= 15 is 0 Å². The summed E-state index contributed by atoms with van der Waals surface area (Å²) in [6, 6.07) is 8.61. The van der Waals surface area contributed by atoms with Crippen LogP contribution in [-0.2, 0) is 0 Å². The Morgan fingerprint density at radius 2 is 2.12 bits per heavy atom. The number of nitrogens with one attached hydrogen (secondary N) is 1. The molecule has 0 radical (unpaired) electrons. The van der Waals surface area contributed by atoms with E-state index in [1.807, 2.05) is 12.1 Å². The SMILES string of the molecule is C=CCCC(O)CNC(C)c1ccccc1C. The van der Waals surface area contributed by atoms with Crippen molar-refractivity contribution in [1.82, 2.24) is 5.32 Å². The number of hydrogen-bond donors (Lipinski definition) is 2. The van der Waals surface area contributed by atoms with Crippen LogP contribution in [-0.4, -0.2) is 17.8 Å². The fourth-order valence-electron chi connectivity index (χ4n) is 1.91. The highest BCUT2D eigenvalue weighted by atomic mass is 16.3. The van der Waals surface area contributed by atoms with E-state index in [0.717, 1.165) is 12.8 Å². The van der Waals surface area contributed by atoms with Crippen molar-refractivity contribution in [2.75, 3.05) is 6.54 Å². The highest BCUT2D eigenvalue weighted by Crippen LogP contribution is 2.16. The van der Waals surface area contributed by atoms with Crippen LogP contribution in [0.2, 0.25) is 0 Å². The quantitative estimate of drug-likeness (QED) is 0.710. The maximum atomic E-state index is 9.74. The molecule has 0 aromatic heterocycles. The van der Waals surface area contributed by atoms with Gasteiger partial charge in [-0.3, -0.25) is 0 Å². The maximum absolute atomic E-state index is 9.74. The maximum Gasteiger partial charge on any atom is 0.0667 e. The summed E-state index contributed by atoms with van der Waals surface area (Å²) in [5.74, 6) is 0. The second-order valence-corrected chi connectivity index (χ2v) is 4.51. The van der Waals surface area contributed by atoms with Gasteiger partial charge in [0.2, 0.25) is 0 Å². The van der Waals surface area contributed by atoms with Gasteiger partial charge in [0.25, 0.3) is 0 Å². The molecule has 2 heteroatoms. The van der Waals surface area contributed by atoms with Crippen LogP contribution in [0.5, 0.6) is 0 Å². The molecule has 0 fully saturated rings. The van der Waals surface area contributed by atoms with E-state index < -0.39 is 0 Å². The molecule has 1 aromatic carbocycles. The highest BCUT2D eigenvalue weighted by molar-refractivity contribution is 5.28. The van der Waals surface area contributed by atoms with Gasteiger partial charge in [0, 0.05) is 12.6 Å². The molecule has 0 heterocycles. The molecule has 0 aliphatic carbocycles. The lowest BCUT2D eigenvalue weighted by Crippen LogP contribution is -2.29. The van der Waals surface area contributed by atoms with Gasteiger partial charge in [-0.15, -0.1) is 6.58 Å². The predicted molar refractivity (Wildman–Crippen MR) is 73.0 cm³/mol. The van der Waals surface area contributed by atoms with Gasteiger partial charge in [-0.25, -0.2) is 0 Å². The number of benzene rings is 1. The van der Waals surface area contributed by atoms with E-state index in [9.17, 15) is 5.11 Å². The molecular formula is C15H23NO. The Morgan fingerprint density at radius 3 is 2.76 bits per heavy atom. The lowest BCUT2D eigenvalue weighted by molar-refractivity contribution is 0.159. The molecule has 0 spiro atoms. The normalized spacial score (nSPS) is 14.3. The van der Waals surface area contributed by atoms with Crippen LogP contribution in [0.15, 0.2) is 36.9 Å². The Hall–Kier alpha value is -1.12. The second-order valence-electron chi connectivity index (χ2n) is 4.51. The molecule has 2 nitrogen and oxygen atoms in total. The van der Waals surface area contributed by atoms with E-state index in [1.54, 1.807) is 0 Å². The summed E-state index contributed by atoms with van der Waals surface area (Å²) < 4.78 is 0. The van der Waals surface area contributed by atoms with Gasteiger partial charge < -0.3 is 10.4 Å². The van der Waals surface area contributed by atoms with Crippen LogP contribution in [0.25, 0.3) is 0 Å². The van der Waals surface area contributed by atoms with Gasteiger partial charge in [-0.2, -0.15) is 0 Å². The number of aliphatic hydroxyl groups excluding tert-OH is 1. The molecule has 2 atom stereocenters. The molecule has 94 valence electrons. The Bertz CT molecular complexity index is 349. The first-order valence-electron chi connectivity index (χ1n) is 6.23. The molecule has 0 aliphatic rings. The van der Waals surface area contributed by atoms with Gasteiger partial charge >= 0.3 is 0 Å². The Labute approximate surface area is 104 Å². The lowest BCUT2D eigenvalue weighted by Gasteiger charge is -2.18. The van der Waals surface area contributed by atoms with Crippen molar-refractivity contribution in [2.45, 2.75) is 38.8 Å². The topological polar surface area (TPSA) is 32.3 Å². The summed E-state index contributed by atoms with van der Waals surface area (Å²) in [6.45, 7) is 8.52. The molecule has 0 saturated carbocycles. The van der Waals surface area contributed by atoms with Crippen LogP contribution in [0, 0.1) is 6.92 Å². The molecule has 1 aromatic rings. The number of aliphatic hydroxyl groups is 1. The predicted octanol–water partition coefficient (Wildman–Crippen LogP) is 2.97. The molecule has 2 unspecified atom stereocenters. The van der Waals surface area contributed by atoms with Crippen molar-refractivity contribution >= 4 is 0 Å². The average Bonchev–Trinajstić information content (AvgIpc) is 2.34. The summed E-state index contributed by atoms with van der Waals surface area (Å²) >= 11 is 0. The van der Waals surface area contributed by atoms with Crippen molar-refractivity contribution in [3.63, 3.8) is 0 Å². The third-order valence-corrected chi connectivity index (χ3v) is 3.02. The molecule has 1 rings (SSSR count). The first kappa shape index (κ1) is 13.9. The fraction of sp³-hybridized carbons (Fsp3) is 0.467. The van der Waals surface area contributed by atoms with E-state index in [4.69, 9.17) is 0 Å². The average molecular weight is 233 g/mol.